The maximum atomic E-state index is 10.8. The van der Waals surface area contributed by atoms with E-state index < -0.39 is 5.97 Å². The number of carbonyl (C=O) groups is 1. The molecule has 3 aromatic rings. The van der Waals surface area contributed by atoms with Gasteiger partial charge in [0, 0.05) is 17.8 Å². The third-order valence-electron chi connectivity index (χ3n) is 2.70. The van der Waals surface area contributed by atoms with E-state index in [0.29, 0.717) is 5.75 Å². The monoisotopic (exact) mass is 308 g/mol. The number of imidazole rings is 1. The van der Waals surface area contributed by atoms with Gasteiger partial charge >= 0.3 is 5.97 Å². The van der Waals surface area contributed by atoms with Gasteiger partial charge in [-0.05, 0) is 18.2 Å². The molecule has 0 unspecified atom stereocenters. The first-order valence-electron chi connectivity index (χ1n) is 5.70. The molecule has 0 bridgehead atoms. The number of carboxylic acid groups (broad SMARTS) is 1. The molecule has 0 aliphatic heterocycles. The lowest BCUT2D eigenvalue weighted by Gasteiger charge is -2.06. The SMILES string of the molecule is O=C(O)c1ccc(OCc2cn3ccsc3n2)c(Cl)c1. The summed E-state index contributed by atoms with van der Waals surface area (Å²) < 4.78 is 7.48. The number of halogens is 1. The van der Waals surface area contributed by atoms with Crippen molar-refractivity contribution in [3.05, 3.63) is 52.3 Å². The van der Waals surface area contributed by atoms with Crippen molar-refractivity contribution < 1.29 is 14.6 Å². The van der Waals surface area contributed by atoms with Gasteiger partial charge in [-0.25, -0.2) is 9.78 Å². The van der Waals surface area contributed by atoms with Gasteiger partial charge in [0.15, 0.2) is 4.96 Å². The van der Waals surface area contributed by atoms with Crippen LogP contribution in [0, 0.1) is 0 Å². The van der Waals surface area contributed by atoms with Crippen molar-refractivity contribution >= 4 is 33.9 Å². The van der Waals surface area contributed by atoms with E-state index in [1.807, 2.05) is 22.2 Å². The third kappa shape index (κ3) is 2.48. The first kappa shape index (κ1) is 13.0. The molecule has 0 atom stereocenters. The summed E-state index contributed by atoms with van der Waals surface area (Å²) in [5.74, 6) is -0.583. The molecule has 0 radical (unpaired) electrons. The summed E-state index contributed by atoms with van der Waals surface area (Å²) >= 11 is 7.53. The number of rotatable bonds is 4. The Morgan fingerprint density at radius 1 is 1.50 bits per heavy atom. The lowest BCUT2D eigenvalue weighted by molar-refractivity contribution is 0.0697. The Morgan fingerprint density at radius 2 is 2.35 bits per heavy atom. The molecule has 0 aliphatic carbocycles. The second-order valence-electron chi connectivity index (χ2n) is 4.06. The molecule has 0 saturated carbocycles. The zero-order valence-electron chi connectivity index (χ0n) is 10.1. The van der Waals surface area contributed by atoms with Gasteiger partial charge in [0.05, 0.1) is 16.3 Å². The zero-order valence-corrected chi connectivity index (χ0v) is 11.7. The van der Waals surface area contributed by atoms with Gasteiger partial charge in [-0.15, -0.1) is 11.3 Å². The molecule has 5 nitrogen and oxygen atoms in total. The molecule has 0 saturated heterocycles. The second kappa shape index (κ2) is 5.15. The molecule has 3 rings (SSSR count). The number of benzene rings is 1. The fraction of sp³-hybridized carbons (Fsp3) is 0.0769. The van der Waals surface area contributed by atoms with Crippen molar-refractivity contribution in [2.75, 3.05) is 0 Å². The van der Waals surface area contributed by atoms with Crippen molar-refractivity contribution in [3.8, 4) is 5.75 Å². The minimum Gasteiger partial charge on any atom is -0.486 e. The van der Waals surface area contributed by atoms with Crippen LogP contribution in [0.3, 0.4) is 0 Å². The lowest BCUT2D eigenvalue weighted by atomic mass is 10.2. The Morgan fingerprint density at radius 3 is 3.05 bits per heavy atom. The van der Waals surface area contributed by atoms with Crippen molar-refractivity contribution in [2.24, 2.45) is 0 Å². The van der Waals surface area contributed by atoms with E-state index in [1.54, 1.807) is 17.4 Å². The molecule has 102 valence electrons. The maximum Gasteiger partial charge on any atom is 0.335 e. The first-order chi connectivity index (χ1) is 9.63. The van der Waals surface area contributed by atoms with E-state index in [2.05, 4.69) is 4.98 Å². The molecule has 0 amide bonds. The van der Waals surface area contributed by atoms with Crippen molar-refractivity contribution in [3.63, 3.8) is 0 Å². The van der Waals surface area contributed by atoms with E-state index in [-0.39, 0.29) is 17.2 Å². The van der Waals surface area contributed by atoms with E-state index in [0.717, 1.165) is 10.7 Å². The van der Waals surface area contributed by atoms with Gasteiger partial charge in [-0.2, -0.15) is 0 Å². The molecule has 7 heteroatoms. The quantitative estimate of drug-likeness (QED) is 0.803. The Labute approximate surface area is 123 Å². The van der Waals surface area contributed by atoms with Gasteiger partial charge in [0.25, 0.3) is 0 Å². The fourth-order valence-corrected chi connectivity index (χ4v) is 2.70. The zero-order chi connectivity index (χ0) is 14.1. The van der Waals surface area contributed by atoms with Crippen molar-refractivity contribution in [1.29, 1.82) is 0 Å². The smallest absolute Gasteiger partial charge is 0.335 e. The number of nitrogens with zero attached hydrogens (tertiary/aromatic N) is 2. The maximum absolute atomic E-state index is 10.8. The van der Waals surface area contributed by atoms with Gasteiger partial charge < -0.3 is 9.84 Å². The predicted octanol–water partition coefficient (Wildman–Crippen LogP) is 3.33. The van der Waals surface area contributed by atoms with Crippen molar-refractivity contribution in [1.82, 2.24) is 9.38 Å². The summed E-state index contributed by atoms with van der Waals surface area (Å²) in [7, 11) is 0. The Kier molecular flexibility index (Phi) is 3.33. The van der Waals surface area contributed by atoms with Crippen LogP contribution in [-0.2, 0) is 6.61 Å². The van der Waals surface area contributed by atoms with Gasteiger partial charge in [-0.3, -0.25) is 4.40 Å². The highest BCUT2D eigenvalue weighted by Crippen LogP contribution is 2.26. The lowest BCUT2D eigenvalue weighted by Crippen LogP contribution is -1.99. The number of hydrogen-bond donors (Lipinski definition) is 1. The highest BCUT2D eigenvalue weighted by molar-refractivity contribution is 7.15. The molecule has 1 N–H and O–H groups in total. The number of fused-ring (bicyclic) bond motifs is 1. The summed E-state index contributed by atoms with van der Waals surface area (Å²) in [6, 6.07) is 4.37. The van der Waals surface area contributed by atoms with Crippen LogP contribution < -0.4 is 4.74 Å². The molecule has 2 heterocycles. The standard InChI is InChI=1S/C13H9ClN2O3S/c14-10-5-8(12(17)18)1-2-11(10)19-7-9-6-16-3-4-20-13(16)15-9/h1-6H,7H2,(H,17,18). The van der Waals surface area contributed by atoms with E-state index in [4.69, 9.17) is 21.4 Å². The average Bonchev–Trinajstić information content (AvgIpc) is 2.97. The van der Waals surface area contributed by atoms with Gasteiger partial charge in [0.1, 0.15) is 12.4 Å². The van der Waals surface area contributed by atoms with Gasteiger partial charge in [0.2, 0.25) is 0 Å². The second-order valence-corrected chi connectivity index (χ2v) is 5.34. The van der Waals surface area contributed by atoms with Crippen LogP contribution in [0.15, 0.2) is 36.0 Å². The summed E-state index contributed by atoms with van der Waals surface area (Å²) in [4.78, 5) is 16.1. The summed E-state index contributed by atoms with van der Waals surface area (Å²) in [6.45, 7) is 0.278. The molecule has 0 aliphatic rings. The van der Waals surface area contributed by atoms with Crippen LogP contribution >= 0.6 is 22.9 Å². The van der Waals surface area contributed by atoms with Crippen LogP contribution in [0.5, 0.6) is 5.75 Å². The number of hydrogen-bond acceptors (Lipinski definition) is 4. The topological polar surface area (TPSA) is 63.8 Å². The Balaban J connectivity index is 1.74. The molecule has 2 aromatic heterocycles. The van der Waals surface area contributed by atoms with Crippen LogP contribution in [0.25, 0.3) is 4.96 Å². The number of thiazole rings is 1. The molecular formula is C13H9ClN2O3S. The predicted molar refractivity (Wildman–Crippen MR) is 75.8 cm³/mol. The largest absolute Gasteiger partial charge is 0.486 e. The normalized spacial score (nSPS) is 10.8. The summed E-state index contributed by atoms with van der Waals surface area (Å²) in [6.07, 6.45) is 3.80. The molecule has 20 heavy (non-hydrogen) atoms. The molecule has 0 spiro atoms. The van der Waals surface area contributed by atoms with E-state index in [1.165, 1.54) is 12.1 Å². The number of ether oxygens (including phenoxy) is 1. The molecule has 1 aromatic carbocycles. The average molecular weight is 309 g/mol. The van der Waals surface area contributed by atoms with Gasteiger partial charge in [-0.1, -0.05) is 11.6 Å². The van der Waals surface area contributed by atoms with Crippen LogP contribution in [-0.4, -0.2) is 20.5 Å². The highest BCUT2D eigenvalue weighted by atomic mass is 35.5. The molecular weight excluding hydrogens is 300 g/mol. The van der Waals surface area contributed by atoms with Crippen molar-refractivity contribution in [2.45, 2.75) is 6.61 Å². The van der Waals surface area contributed by atoms with E-state index >= 15 is 0 Å². The summed E-state index contributed by atoms with van der Waals surface area (Å²) in [5, 5.41) is 11.1. The third-order valence-corrected chi connectivity index (χ3v) is 3.76. The Hall–Kier alpha value is -2.05. The number of aromatic carboxylic acids is 1. The first-order valence-corrected chi connectivity index (χ1v) is 6.96. The molecule has 0 fully saturated rings. The van der Waals surface area contributed by atoms with Crippen LogP contribution in [0.1, 0.15) is 16.1 Å². The fourth-order valence-electron chi connectivity index (χ4n) is 1.75. The summed E-state index contributed by atoms with van der Waals surface area (Å²) in [5.41, 5.74) is 0.917. The minimum atomic E-state index is -1.02. The Bertz CT molecular complexity index is 752. The minimum absolute atomic E-state index is 0.129. The van der Waals surface area contributed by atoms with E-state index in [9.17, 15) is 4.79 Å². The number of aromatic nitrogens is 2. The van der Waals surface area contributed by atoms with Crippen LogP contribution in [0.2, 0.25) is 5.02 Å². The van der Waals surface area contributed by atoms with Crippen LogP contribution in [0.4, 0.5) is 0 Å². The number of carboxylic acids is 1. The highest BCUT2D eigenvalue weighted by Gasteiger charge is 2.09.